The van der Waals surface area contributed by atoms with Gasteiger partial charge in [0, 0.05) is 32.1 Å². The molecule has 1 N–H and O–H groups in total. The third-order valence-corrected chi connectivity index (χ3v) is 5.93. The number of rotatable bonds is 3. The minimum atomic E-state index is -0.766. The maximum Gasteiger partial charge on any atom is 0.306 e. The Hall–Kier alpha value is -1.59. The predicted octanol–water partition coefficient (Wildman–Crippen LogP) is 1.88. The number of likely N-dealkylation sites (tertiary alicyclic amines) is 2. The molecule has 0 aromatic carbocycles. The number of carbonyl (C=O) groups excluding carboxylic acids is 2. The van der Waals surface area contributed by atoms with Gasteiger partial charge in [0.1, 0.15) is 0 Å². The molecule has 3 rings (SSSR count). The van der Waals surface area contributed by atoms with Gasteiger partial charge in [-0.2, -0.15) is 0 Å². The molecule has 1 saturated carbocycles. The highest BCUT2D eigenvalue weighted by Crippen LogP contribution is 2.30. The number of amides is 2. The highest BCUT2D eigenvalue weighted by atomic mass is 16.4. The van der Waals surface area contributed by atoms with Crippen LogP contribution in [0, 0.1) is 11.8 Å². The maximum absolute atomic E-state index is 12.7. The molecule has 0 aromatic heterocycles. The van der Waals surface area contributed by atoms with Crippen molar-refractivity contribution >= 4 is 17.8 Å². The number of carboxylic acids is 1. The van der Waals surface area contributed by atoms with E-state index in [2.05, 4.69) is 0 Å². The Morgan fingerprint density at radius 1 is 0.917 bits per heavy atom. The van der Waals surface area contributed by atoms with Gasteiger partial charge in [0.15, 0.2) is 0 Å². The van der Waals surface area contributed by atoms with Crippen LogP contribution in [0.25, 0.3) is 0 Å². The Morgan fingerprint density at radius 2 is 1.54 bits per heavy atom. The molecular weight excluding hydrogens is 308 g/mol. The summed E-state index contributed by atoms with van der Waals surface area (Å²) >= 11 is 0. The largest absolute Gasteiger partial charge is 0.481 e. The van der Waals surface area contributed by atoms with Crippen LogP contribution in [-0.2, 0) is 14.4 Å². The number of carbonyl (C=O) groups is 3. The molecule has 6 heteroatoms. The van der Waals surface area contributed by atoms with Crippen molar-refractivity contribution in [1.82, 2.24) is 9.80 Å². The van der Waals surface area contributed by atoms with Crippen molar-refractivity contribution in [1.29, 1.82) is 0 Å². The van der Waals surface area contributed by atoms with Gasteiger partial charge in [-0.1, -0.05) is 25.7 Å². The second kappa shape index (κ2) is 7.53. The van der Waals surface area contributed by atoms with E-state index >= 15 is 0 Å². The fourth-order valence-electron chi connectivity index (χ4n) is 4.42. The molecule has 6 nitrogen and oxygen atoms in total. The van der Waals surface area contributed by atoms with E-state index in [0.29, 0.717) is 44.9 Å². The van der Waals surface area contributed by atoms with Gasteiger partial charge in [-0.15, -0.1) is 0 Å². The second-order valence-electron chi connectivity index (χ2n) is 7.53. The zero-order valence-electron chi connectivity index (χ0n) is 14.3. The summed E-state index contributed by atoms with van der Waals surface area (Å²) in [5, 5.41) is 9.06. The van der Waals surface area contributed by atoms with Gasteiger partial charge in [-0.3, -0.25) is 14.4 Å². The van der Waals surface area contributed by atoms with Crippen LogP contribution in [0.2, 0.25) is 0 Å². The first-order chi connectivity index (χ1) is 11.6. The fraction of sp³-hybridized carbons (Fsp3) is 0.833. The van der Waals surface area contributed by atoms with Gasteiger partial charge >= 0.3 is 5.97 Å². The van der Waals surface area contributed by atoms with Crippen molar-refractivity contribution in [3.05, 3.63) is 0 Å². The first-order valence-corrected chi connectivity index (χ1v) is 9.37. The number of hydrogen-bond acceptors (Lipinski definition) is 3. The monoisotopic (exact) mass is 336 g/mol. The predicted molar refractivity (Wildman–Crippen MR) is 88.2 cm³/mol. The smallest absolute Gasteiger partial charge is 0.306 e. The first kappa shape index (κ1) is 17.2. The molecule has 24 heavy (non-hydrogen) atoms. The highest BCUT2D eigenvalue weighted by Gasteiger charge is 2.40. The molecule has 0 radical (unpaired) electrons. The fourth-order valence-corrected chi connectivity index (χ4v) is 4.42. The van der Waals surface area contributed by atoms with Crippen LogP contribution in [0.4, 0.5) is 0 Å². The Balaban J connectivity index is 1.55. The lowest BCUT2D eigenvalue weighted by atomic mass is 9.95. The third-order valence-electron chi connectivity index (χ3n) is 5.93. The lowest BCUT2D eigenvalue weighted by molar-refractivity contribution is -0.146. The van der Waals surface area contributed by atoms with Crippen LogP contribution < -0.4 is 0 Å². The molecular formula is C18H28N2O4. The van der Waals surface area contributed by atoms with Crippen LogP contribution in [-0.4, -0.2) is 58.4 Å². The Morgan fingerprint density at radius 3 is 2.12 bits per heavy atom. The minimum Gasteiger partial charge on any atom is -0.481 e. The van der Waals surface area contributed by atoms with E-state index in [0.717, 1.165) is 12.8 Å². The van der Waals surface area contributed by atoms with Crippen molar-refractivity contribution in [3.8, 4) is 0 Å². The van der Waals surface area contributed by atoms with Gasteiger partial charge in [0.05, 0.1) is 11.8 Å². The summed E-state index contributed by atoms with van der Waals surface area (Å²) in [5.41, 5.74) is 0. The lowest BCUT2D eigenvalue weighted by Crippen LogP contribution is -2.44. The molecule has 2 aliphatic heterocycles. The summed E-state index contributed by atoms with van der Waals surface area (Å²) in [6.45, 7) is 1.56. The SMILES string of the molecule is O=C(O)C1CCN(C(=O)C2CC(=O)N(C3CCCCCC3)C2)CC1. The van der Waals surface area contributed by atoms with E-state index in [4.69, 9.17) is 5.11 Å². The van der Waals surface area contributed by atoms with E-state index in [1.54, 1.807) is 4.90 Å². The number of aliphatic carboxylic acids is 1. The quantitative estimate of drug-likeness (QED) is 0.798. The molecule has 3 fully saturated rings. The Bertz CT molecular complexity index is 491. The molecule has 0 bridgehead atoms. The first-order valence-electron chi connectivity index (χ1n) is 9.37. The van der Waals surface area contributed by atoms with E-state index in [1.807, 2.05) is 4.90 Å². The molecule has 0 spiro atoms. The molecule has 0 aromatic rings. The number of carboxylic acid groups (broad SMARTS) is 1. The molecule has 2 heterocycles. The van der Waals surface area contributed by atoms with Crippen molar-refractivity contribution < 1.29 is 19.5 Å². The Labute approximate surface area is 143 Å². The summed E-state index contributed by atoms with van der Waals surface area (Å²) in [7, 11) is 0. The zero-order valence-corrected chi connectivity index (χ0v) is 14.3. The van der Waals surface area contributed by atoms with Crippen LogP contribution in [0.15, 0.2) is 0 Å². The molecule has 2 saturated heterocycles. The van der Waals surface area contributed by atoms with E-state index < -0.39 is 5.97 Å². The zero-order chi connectivity index (χ0) is 17.1. The van der Waals surface area contributed by atoms with Crippen molar-refractivity contribution in [2.75, 3.05) is 19.6 Å². The van der Waals surface area contributed by atoms with Crippen molar-refractivity contribution in [2.45, 2.75) is 63.8 Å². The van der Waals surface area contributed by atoms with Gasteiger partial charge in [0.25, 0.3) is 0 Å². The molecule has 1 aliphatic carbocycles. The summed E-state index contributed by atoms with van der Waals surface area (Å²) in [6.07, 6.45) is 8.36. The second-order valence-corrected chi connectivity index (χ2v) is 7.53. The van der Waals surface area contributed by atoms with Crippen LogP contribution in [0.3, 0.4) is 0 Å². The minimum absolute atomic E-state index is 0.0447. The van der Waals surface area contributed by atoms with Gasteiger partial charge in [0.2, 0.25) is 11.8 Å². The van der Waals surface area contributed by atoms with Crippen LogP contribution >= 0.6 is 0 Å². The molecule has 134 valence electrons. The normalized spacial score (nSPS) is 27.3. The number of hydrogen-bond donors (Lipinski definition) is 1. The van der Waals surface area contributed by atoms with E-state index in [-0.39, 0.29) is 23.7 Å². The summed E-state index contributed by atoms with van der Waals surface area (Å²) in [5.74, 6) is -1.16. The van der Waals surface area contributed by atoms with Gasteiger partial charge in [-0.25, -0.2) is 0 Å². The topological polar surface area (TPSA) is 77.9 Å². The molecule has 1 atom stereocenters. The summed E-state index contributed by atoms with van der Waals surface area (Å²) < 4.78 is 0. The molecule has 2 amide bonds. The average Bonchev–Trinajstić information content (AvgIpc) is 2.80. The summed E-state index contributed by atoms with van der Waals surface area (Å²) in [4.78, 5) is 39.9. The lowest BCUT2D eigenvalue weighted by Gasteiger charge is -2.32. The average molecular weight is 336 g/mol. The molecule has 3 aliphatic rings. The molecule has 1 unspecified atom stereocenters. The highest BCUT2D eigenvalue weighted by molar-refractivity contribution is 5.89. The third kappa shape index (κ3) is 3.73. The van der Waals surface area contributed by atoms with Gasteiger partial charge in [-0.05, 0) is 25.7 Å². The Kier molecular flexibility index (Phi) is 5.41. The van der Waals surface area contributed by atoms with Crippen LogP contribution in [0.5, 0.6) is 0 Å². The van der Waals surface area contributed by atoms with Gasteiger partial charge < -0.3 is 14.9 Å². The van der Waals surface area contributed by atoms with E-state index in [1.165, 1.54) is 25.7 Å². The van der Waals surface area contributed by atoms with Crippen molar-refractivity contribution in [2.24, 2.45) is 11.8 Å². The standard InChI is InChI=1S/C18H28N2O4/c21-16-11-14(12-20(16)15-5-3-1-2-4-6-15)17(22)19-9-7-13(8-10-19)18(23)24/h13-15H,1-12H2,(H,23,24). The van der Waals surface area contributed by atoms with E-state index in [9.17, 15) is 14.4 Å². The summed E-state index contributed by atoms with van der Waals surface area (Å²) in [6, 6.07) is 0.315. The maximum atomic E-state index is 12.7. The number of piperidine rings is 1. The number of nitrogens with zero attached hydrogens (tertiary/aromatic N) is 2. The van der Waals surface area contributed by atoms with Crippen molar-refractivity contribution in [3.63, 3.8) is 0 Å². The van der Waals surface area contributed by atoms with Crippen LogP contribution in [0.1, 0.15) is 57.8 Å².